The van der Waals surface area contributed by atoms with Crippen LogP contribution < -0.4 is 9.47 Å². The summed E-state index contributed by atoms with van der Waals surface area (Å²) < 4.78 is 10.3. The monoisotopic (exact) mass is 384 g/mol. The average molecular weight is 385 g/mol. The zero-order valence-electron chi connectivity index (χ0n) is 12.5. The second-order valence-electron chi connectivity index (χ2n) is 5.35. The van der Waals surface area contributed by atoms with Crippen molar-refractivity contribution < 1.29 is 9.47 Å². The third kappa shape index (κ3) is 4.88. The Morgan fingerprint density at radius 1 is 0.739 bits per heavy atom. The van der Waals surface area contributed by atoms with Gasteiger partial charge in [0.25, 0.3) is 9.02 Å². The molecule has 2 aromatic rings. The highest BCUT2D eigenvalue weighted by Gasteiger charge is 2.23. The van der Waals surface area contributed by atoms with E-state index in [9.17, 15) is 0 Å². The molecular formula is C17H14Cl2O2S2. The Labute approximate surface area is 156 Å². The van der Waals surface area contributed by atoms with Gasteiger partial charge >= 0.3 is 0 Å². The number of rotatable bonds is 4. The molecule has 120 valence electrons. The second kappa shape index (κ2) is 7.58. The Bertz CT molecular complexity index is 649. The fourth-order valence-corrected chi connectivity index (χ4v) is 2.60. The van der Waals surface area contributed by atoms with Crippen LogP contribution in [0.25, 0.3) is 0 Å². The van der Waals surface area contributed by atoms with Crippen molar-refractivity contribution in [3.05, 3.63) is 59.7 Å². The van der Waals surface area contributed by atoms with Gasteiger partial charge in [0.1, 0.15) is 11.5 Å². The predicted molar refractivity (Wildman–Crippen MR) is 103 cm³/mol. The van der Waals surface area contributed by atoms with Crippen molar-refractivity contribution in [2.45, 2.75) is 19.3 Å². The third-order valence-corrected chi connectivity index (χ3v) is 3.87. The normalized spacial score (nSPS) is 11.0. The van der Waals surface area contributed by atoms with E-state index < -0.39 is 0 Å². The second-order valence-corrected chi connectivity index (χ2v) is 7.23. The Hall–Kier alpha value is -1.20. The largest absolute Gasteiger partial charge is 0.436 e. The lowest BCUT2D eigenvalue weighted by Crippen LogP contribution is -2.18. The molecule has 0 heterocycles. The molecule has 0 aromatic heterocycles. The molecule has 0 saturated heterocycles. The van der Waals surface area contributed by atoms with Crippen LogP contribution in [0.2, 0.25) is 0 Å². The van der Waals surface area contributed by atoms with E-state index in [0.717, 1.165) is 11.1 Å². The van der Waals surface area contributed by atoms with Gasteiger partial charge in [-0.25, -0.2) is 0 Å². The van der Waals surface area contributed by atoms with Gasteiger partial charge < -0.3 is 9.47 Å². The van der Waals surface area contributed by atoms with Crippen molar-refractivity contribution in [2.24, 2.45) is 0 Å². The zero-order valence-corrected chi connectivity index (χ0v) is 15.7. The van der Waals surface area contributed by atoms with Crippen LogP contribution in [-0.2, 0) is 5.41 Å². The maximum Gasteiger partial charge on any atom is 0.260 e. The Morgan fingerprint density at radius 2 is 1.04 bits per heavy atom. The van der Waals surface area contributed by atoms with E-state index in [2.05, 4.69) is 13.8 Å². The summed E-state index contributed by atoms with van der Waals surface area (Å²) in [6, 6.07) is 15.3. The zero-order chi connectivity index (χ0) is 17.0. The van der Waals surface area contributed by atoms with Gasteiger partial charge in [-0.15, -0.1) is 0 Å². The molecule has 0 N–H and O–H groups in total. The molecule has 0 saturated carbocycles. The van der Waals surface area contributed by atoms with E-state index in [1.165, 1.54) is 0 Å². The number of ether oxygens (including phenoxy) is 2. The van der Waals surface area contributed by atoms with E-state index in [1.807, 2.05) is 48.5 Å². The van der Waals surface area contributed by atoms with Crippen LogP contribution in [-0.4, -0.2) is 9.02 Å². The predicted octanol–water partition coefficient (Wildman–Crippen LogP) is 5.82. The van der Waals surface area contributed by atoms with Gasteiger partial charge in [-0.1, -0.05) is 38.1 Å². The van der Waals surface area contributed by atoms with Crippen molar-refractivity contribution in [3.8, 4) is 11.5 Å². The first-order valence-electron chi connectivity index (χ1n) is 6.75. The van der Waals surface area contributed by atoms with Gasteiger partial charge in [-0.3, -0.25) is 0 Å². The van der Waals surface area contributed by atoms with Crippen LogP contribution in [0.1, 0.15) is 25.0 Å². The van der Waals surface area contributed by atoms with Crippen LogP contribution in [0.15, 0.2) is 48.5 Å². The standard InChI is InChI=1S/C17H14Cl2O2S2/c1-17(2,11-3-7-13(8-4-11)20-15(18)22)12-5-9-14(10-6-12)21-16(19)23/h3-10H,1-2H3. The van der Waals surface area contributed by atoms with E-state index in [0.29, 0.717) is 11.5 Å². The summed E-state index contributed by atoms with van der Waals surface area (Å²) in [5.41, 5.74) is 2.07. The highest BCUT2D eigenvalue weighted by atomic mass is 35.5. The van der Waals surface area contributed by atoms with Gasteiger partial charge in [0.05, 0.1) is 0 Å². The minimum Gasteiger partial charge on any atom is -0.436 e. The summed E-state index contributed by atoms with van der Waals surface area (Å²) in [5.74, 6) is 1.23. The van der Waals surface area contributed by atoms with Gasteiger partial charge in [-0.2, -0.15) is 0 Å². The van der Waals surface area contributed by atoms with Crippen LogP contribution >= 0.6 is 47.6 Å². The summed E-state index contributed by atoms with van der Waals surface area (Å²) in [5, 5.41) is 0. The van der Waals surface area contributed by atoms with Crippen LogP contribution in [0, 0.1) is 0 Å². The van der Waals surface area contributed by atoms with Crippen molar-refractivity contribution in [2.75, 3.05) is 0 Å². The fourth-order valence-electron chi connectivity index (χ4n) is 2.23. The quantitative estimate of drug-likeness (QED) is 0.488. The molecule has 2 nitrogen and oxygen atoms in total. The van der Waals surface area contributed by atoms with Crippen molar-refractivity contribution >= 4 is 56.7 Å². The van der Waals surface area contributed by atoms with Crippen molar-refractivity contribution in [1.29, 1.82) is 0 Å². The molecule has 0 unspecified atom stereocenters. The van der Waals surface area contributed by atoms with Gasteiger partial charge in [0, 0.05) is 5.41 Å². The minimum atomic E-state index is -0.194. The van der Waals surface area contributed by atoms with Crippen molar-refractivity contribution in [3.63, 3.8) is 0 Å². The van der Waals surface area contributed by atoms with Crippen LogP contribution in [0.3, 0.4) is 0 Å². The Morgan fingerprint density at radius 3 is 1.30 bits per heavy atom. The summed E-state index contributed by atoms with van der Waals surface area (Å²) >= 11 is 20.6. The number of benzene rings is 2. The highest BCUT2D eigenvalue weighted by Crippen LogP contribution is 2.33. The molecule has 0 radical (unpaired) electrons. The minimum absolute atomic E-state index is 0.0233. The number of thiocarbonyl (C=S) groups is 2. The Balaban J connectivity index is 2.23. The van der Waals surface area contributed by atoms with E-state index >= 15 is 0 Å². The molecule has 0 spiro atoms. The third-order valence-electron chi connectivity index (χ3n) is 3.55. The first-order valence-corrected chi connectivity index (χ1v) is 8.32. The number of hydrogen-bond donors (Lipinski definition) is 0. The SMILES string of the molecule is CC(C)(c1ccc(OC(=S)Cl)cc1)c1ccc(OC(=S)Cl)cc1. The van der Waals surface area contributed by atoms with Gasteiger partial charge in [-0.05, 0) is 83.0 Å². The maximum atomic E-state index is 5.57. The van der Waals surface area contributed by atoms with E-state index in [-0.39, 0.29) is 14.4 Å². The van der Waals surface area contributed by atoms with Crippen LogP contribution in [0.4, 0.5) is 0 Å². The fraction of sp³-hybridized carbons (Fsp3) is 0.176. The average Bonchev–Trinajstić information content (AvgIpc) is 2.47. The first kappa shape index (κ1) is 18.1. The molecule has 2 aromatic carbocycles. The summed E-state index contributed by atoms with van der Waals surface area (Å²) in [6.07, 6.45) is 0. The summed E-state index contributed by atoms with van der Waals surface area (Å²) in [4.78, 5) is 0. The molecule has 23 heavy (non-hydrogen) atoms. The topological polar surface area (TPSA) is 18.5 Å². The highest BCUT2D eigenvalue weighted by molar-refractivity contribution is 7.83. The van der Waals surface area contributed by atoms with Crippen molar-refractivity contribution in [1.82, 2.24) is 0 Å². The molecule has 2 rings (SSSR count). The molecule has 0 amide bonds. The van der Waals surface area contributed by atoms with E-state index in [4.69, 9.17) is 57.1 Å². The summed E-state index contributed by atoms with van der Waals surface area (Å²) in [6.45, 7) is 4.27. The number of halogens is 2. The lowest BCUT2D eigenvalue weighted by atomic mass is 9.78. The molecule has 0 aliphatic carbocycles. The first-order chi connectivity index (χ1) is 10.8. The lowest BCUT2D eigenvalue weighted by molar-refractivity contribution is 0.572. The van der Waals surface area contributed by atoms with Crippen LogP contribution in [0.5, 0.6) is 11.5 Å². The molecule has 0 bridgehead atoms. The smallest absolute Gasteiger partial charge is 0.260 e. The molecule has 6 heteroatoms. The lowest BCUT2D eigenvalue weighted by Gasteiger charge is -2.26. The molecule has 0 atom stereocenters. The maximum absolute atomic E-state index is 5.57. The summed E-state index contributed by atoms with van der Waals surface area (Å²) in [7, 11) is 0. The van der Waals surface area contributed by atoms with E-state index in [1.54, 1.807) is 0 Å². The Kier molecular flexibility index (Phi) is 5.98. The molecular weight excluding hydrogens is 371 g/mol. The molecule has 0 aliphatic heterocycles. The van der Waals surface area contributed by atoms with Gasteiger partial charge in [0.2, 0.25) is 0 Å². The number of hydrogen-bond acceptors (Lipinski definition) is 4. The van der Waals surface area contributed by atoms with Gasteiger partial charge in [0.15, 0.2) is 0 Å². The molecule has 0 fully saturated rings. The molecule has 0 aliphatic rings.